The quantitative estimate of drug-likeness (QED) is 0.780. The maximum absolute atomic E-state index is 5.56. The van der Waals surface area contributed by atoms with E-state index in [1.54, 1.807) is 0 Å². The lowest BCUT2D eigenvalue weighted by Crippen LogP contribution is -2.03. The van der Waals surface area contributed by atoms with E-state index >= 15 is 0 Å². The van der Waals surface area contributed by atoms with E-state index in [2.05, 4.69) is 31.1 Å². The molecular weight excluding hydrogens is 188 g/mol. The van der Waals surface area contributed by atoms with Crippen molar-refractivity contribution in [1.82, 2.24) is 4.98 Å². The minimum atomic E-state index is 0.583. The summed E-state index contributed by atoms with van der Waals surface area (Å²) in [6, 6.07) is 4.02. The van der Waals surface area contributed by atoms with Crippen molar-refractivity contribution in [3.05, 3.63) is 23.9 Å². The maximum atomic E-state index is 5.56. The summed E-state index contributed by atoms with van der Waals surface area (Å²) >= 11 is 0. The number of rotatable bonds is 6. The van der Waals surface area contributed by atoms with E-state index in [-0.39, 0.29) is 0 Å². The van der Waals surface area contributed by atoms with Crippen molar-refractivity contribution in [2.24, 2.45) is 5.92 Å². The first-order valence-corrected chi connectivity index (χ1v) is 5.49. The summed E-state index contributed by atoms with van der Waals surface area (Å²) in [6.45, 7) is 8.72. The largest absolute Gasteiger partial charge is 0.377 e. The molecule has 15 heavy (non-hydrogen) atoms. The minimum absolute atomic E-state index is 0.583. The van der Waals surface area contributed by atoms with Crippen LogP contribution in [0, 0.1) is 5.92 Å². The van der Waals surface area contributed by atoms with Crippen LogP contribution in [0.2, 0.25) is 0 Å². The first kappa shape index (κ1) is 12.0. The molecule has 0 fully saturated rings. The molecule has 0 aliphatic rings. The van der Waals surface area contributed by atoms with Crippen LogP contribution < -0.4 is 5.32 Å². The summed E-state index contributed by atoms with van der Waals surface area (Å²) in [7, 11) is 0. The van der Waals surface area contributed by atoms with E-state index in [0.717, 1.165) is 19.0 Å². The molecule has 1 heterocycles. The van der Waals surface area contributed by atoms with Crippen LogP contribution in [0.25, 0.3) is 0 Å². The van der Waals surface area contributed by atoms with Crippen molar-refractivity contribution in [2.75, 3.05) is 18.5 Å². The van der Waals surface area contributed by atoms with Crippen LogP contribution in [0.1, 0.15) is 26.3 Å². The molecule has 0 aromatic carbocycles. The zero-order valence-corrected chi connectivity index (χ0v) is 9.79. The van der Waals surface area contributed by atoms with Gasteiger partial charge in [-0.15, -0.1) is 0 Å². The second-order valence-electron chi connectivity index (χ2n) is 3.99. The van der Waals surface area contributed by atoms with Crippen LogP contribution in [0.3, 0.4) is 0 Å². The van der Waals surface area contributed by atoms with E-state index in [9.17, 15) is 0 Å². The third kappa shape index (κ3) is 4.79. The highest BCUT2D eigenvalue weighted by molar-refractivity contribution is 5.36. The van der Waals surface area contributed by atoms with E-state index in [1.165, 1.54) is 5.56 Å². The van der Waals surface area contributed by atoms with Gasteiger partial charge in [0.1, 0.15) is 5.82 Å². The Morgan fingerprint density at radius 3 is 2.93 bits per heavy atom. The lowest BCUT2D eigenvalue weighted by molar-refractivity contribution is 0.0971. The molecule has 0 aliphatic carbocycles. The van der Waals surface area contributed by atoms with Crippen LogP contribution in [-0.2, 0) is 11.3 Å². The highest BCUT2D eigenvalue weighted by Crippen LogP contribution is 2.08. The molecular formula is C12H20N2O. The Kier molecular flexibility index (Phi) is 5.12. The van der Waals surface area contributed by atoms with Gasteiger partial charge in [0.15, 0.2) is 0 Å². The minimum Gasteiger partial charge on any atom is -0.377 e. The number of nitrogens with one attached hydrogen (secondary N) is 1. The molecule has 3 nitrogen and oxygen atoms in total. The van der Waals surface area contributed by atoms with Crippen molar-refractivity contribution in [1.29, 1.82) is 0 Å². The fourth-order valence-corrected chi connectivity index (χ4v) is 1.25. The number of ether oxygens (including phenoxy) is 1. The molecule has 0 atom stereocenters. The van der Waals surface area contributed by atoms with E-state index < -0.39 is 0 Å². The van der Waals surface area contributed by atoms with Gasteiger partial charge in [-0.25, -0.2) is 4.98 Å². The van der Waals surface area contributed by atoms with Crippen molar-refractivity contribution < 1.29 is 4.74 Å². The fourth-order valence-electron chi connectivity index (χ4n) is 1.25. The Morgan fingerprint density at radius 1 is 1.47 bits per heavy atom. The van der Waals surface area contributed by atoms with Crippen LogP contribution in [-0.4, -0.2) is 18.1 Å². The van der Waals surface area contributed by atoms with Gasteiger partial charge in [-0.2, -0.15) is 0 Å². The van der Waals surface area contributed by atoms with Crippen molar-refractivity contribution in [3.63, 3.8) is 0 Å². The molecule has 0 radical (unpaired) electrons. The summed E-state index contributed by atoms with van der Waals surface area (Å²) in [4.78, 5) is 4.21. The average molecular weight is 208 g/mol. The van der Waals surface area contributed by atoms with E-state index in [4.69, 9.17) is 4.74 Å². The standard InChI is InChI=1S/C12H20N2O/c1-4-13-12-7-11(5-6-14-12)9-15-8-10(2)3/h5-7,10H,4,8-9H2,1-3H3,(H,13,14). The monoisotopic (exact) mass is 208 g/mol. The molecule has 0 saturated heterocycles. The molecule has 84 valence electrons. The molecule has 1 rings (SSSR count). The van der Waals surface area contributed by atoms with Crippen LogP contribution >= 0.6 is 0 Å². The van der Waals surface area contributed by atoms with Gasteiger partial charge in [0.25, 0.3) is 0 Å². The molecule has 1 N–H and O–H groups in total. The first-order valence-electron chi connectivity index (χ1n) is 5.49. The van der Waals surface area contributed by atoms with Gasteiger partial charge >= 0.3 is 0 Å². The predicted molar refractivity (Wildman–Crippen MR) is 62.9 cm³/mol. The first-order chi connectivity index (χ1) is 7.22. The Hall–Kier alpha value is -1.09. The summed E-state index contributed by atoms with van der Waals surface area (Å²) in [5, 5.41) is 3.18. The van der Waals surface area contributed by atoms with Gasteiger partial charge in [0.05, 0.1) is 6.61 Å². The normalized spacial score (nSPS) is 10.7. The van der Waals surface area contributed by atoms with Gasteiger partial charge in [0.2, 0.25) is 0 Å². The van der Waals surface area contributed by atoms with Crippen molar-refractivity contribution >= 4 is 5.82 Å². The smallest absolute Gasteiger partial charge is 0.126 e. The molecule has 0 bridgehead atoms. The molecule has 0 unspecified atom stereocenters. The molecule has 1 aromatic heterocycles. The summed E-state index contributed by atoms with van der Waals surface area (Å²) in [6.07, 6.45) is 1.81. The van der Waals surface area contributed by atoms with Crippen LogP contribution in [0.15, 0.2) is 18.3 Å². The van der Waals surface area contributed by atoms with Crippen molar-refractivity contribution in [2.45, 2.75) is 27.4 Å². The molecule has 0 amide bonds. The van der Waals surface area contributed by atoms with Crippen molar-refractivity contribution in [3.8, 4) is 0 Å². The Bertz CT molecular complexity index is 287. The summed E-state index contributed by atoms with van der Waals surface area (Å²) in [5.74, 6) is 1.50. The predicted octanol–water partition coefficient (Wildman–Crippen LogP) is 2.69. The zero-order valence-electron chi connectivity index (χ0n) is 9.79. The molecule has 1 aromatic rings. The molecule has 0 saturated carbocycles. The SMILES string of the molecule is CCNc1cc(COCC(C)C)ccn1. The van der Waals surface area contributed by atoms with E-state index in [1.807, 2.05) is 18.3 Å². The fraction of sp³-hybridized carbons (Fsp3) is 0.583. The topological polar surface area (TPSA) is 34.1 Å². The Labute approximate surface area is 91.9 Å². The lowest BCUT2D eigenvalue weighted by Gasteiger charge is -2.08. The summed E-state index contributed by atoms with van der Waals surface area (Å²) < 4.78 is 5.56. The van der Waals surface area contributed by atoms with Crippen LogP contribution in [0.5, 0.6) is 0 Å². The van der Waals surface area contributed by atoms with Gasteiger partial charge in [-0.05, 0) is 30.5 Å². The summed E-state index contributed by atoms with van der Waals surface area (Å²) in [5.41, 5.74) is 1.17. The molecule has 0 spiro atoms. The third-order valence-electron chi connectivity index (χ3n) is 1.90. The number of anilines is 1. The van der Waals surface area contributed by atoms with Gasteiger partial charge in [-0.1, -0.05) is 13.8 Å². The maximum Gasteiger partial charge on any atom is 0.126 e. The van der Waals surface area contributed by atoms with E-state index in [0.29, 0.717) is 12.5 Å². The van der Waals surface area contributed by atoms with Crippen LogP contribution in [0.4, 0.5) is 5.82 Å². The van der Waals surface area contributed by atoms with Gasteiger partial charge < -0.3 is 10.1 Å². The molecule has 3 heteroatoms. The average Bonchev–Trinajstić information content (AvgIpc) is 2.18. The Morgan fingerprint density at radius 2 is 2.27 bits per heavy atom. The number of aromatic nitrogens is 1. The number of pyridine rings is 1. The van der Waals surface area contributed by atoms with Gasteiger partial charge in [0, 0.05) is 19.3 Å². The second kappa shape index (κ2) is 6.40. The Balaban J connectivity index is 2.43. The third-order valence-corrected chi connectivity index (χ3v) is 1.90. The number of hydrogen-bond acceptors (Lipinski definition) is 3. The number of hydrogen-bond donors (Lipinski definition) is 1. The lowest BCUT2D eigenvalue weighted by atomic mass is 10.2. The molecule has 0 aliphatic heterocycles. The highest BCUT2D eigenvalue weighted by Gasteiger charge is 1.98. The highest BCUT2D eigenvalue weighted by atomic mass is 16.5. The zero-order chi connectivity index (χ0) is 11.1. The van der Waals surface area contributed by atoms with Gasteiger partial charge in [-0.3, -0.25) is 0 Å². The number of nitrogens with zero attached hydrogens (tertiary/aromatic N) is 1. The second-order valence-corrected chi connectivity index (χ2v) is 3.99.